The summed E-state index contributed by atoms with van der Waals surface area (Å²) in [6.45, 7) is 5.00. The lowest BCUT2D eigenvalue weighted by molar-refractivity contribution is -0.134. The van der Waals surface area contributed by atoms with Crippen molar-refractivity contribution in [2.45, 2.75) is 64.2 Å². The molecule has 1 aliphatic carbocycles. The third-order valence-electron chi connectivity index (χ3n) is 7.39. The van der Waals surface area contributed by atoms with Crippen LogP contribution in [0.5, 0.6) is 5.75 Å². The molecule has 0 unspecified atom stereocenters. The molecule has 5 rings (SSSR count). The minimum atomic E-state index is -0.985. The first-order chi connectivity index (χ1) is 15.9. The number of thiophene rings is 1. The van der Waals surface area contributed by atoms with E-state index in [9.17, 15) is 9.59 Å². The molecule has 1 N–H and O–H groups in total. The van der Waals surface area contributed by atoms with Crippen LogP contribution in [0.25, 0.3) is 10.2 Å². The topological polar surface area (TPSA) is 63.6 Å². The maximum atomic E-state index is 13.8. The number of nitrogens with one attached hydrogen (secondary N) is 1. The molecule has 0 saturated heterocycles. The highest BCUT2D eigenvalue weighted by atomic mass is 32.1. The molecule has 0 radical (unpaired) electrons. The zero-order chi connectivity index (χ0) is 23.2. The van der Waals surface area contributed by atoms with Crippen molar-refractivity contribution in [2.24, 2.45) is 5.92 Å². The van der Waals surface area contributed by atoms with E-state index in [1.165, 1.54) is 0 Å². The largest absolute Gasteiger partial charge is 0.497 e. The number of rotatable bonds is 5. The predicted octanol–water partition coefficient (Wildman–Crippen LogP) is 4.82. The van der Waals surface area contributed by atoms with Crippen molar-refractivity contribution in [1.82, 2.24) is 14.8 Å². The van der Waals surface area contributed by atoms with Gasteiger partial charge in [0, 0.05) is 12.6 Å². The van der Waals surface area contributed by atoms with E-state index in [0.717, 1.165) is 47.2 Å². The highest BCUT2D eigenvalue weighted by Crippen LogP contribution is 2.36. The molecule has 2 aliphatic rings. The lowest BCUT2D eigenvalue weighted by Gasteiger charge is -2.45. The molecule has 2 amide bonds. The zero-order valence-corrected chi connectivity index (χ0v) is 20.3. The summed E-state index contributed by atoms with van der Waals surface area (Å²) >= 11 is 1.62. The number of carbonyl (C=O) groups excluding carboxylic acids is 2. The number of benzene rings is 1. The van der Waals surface area contributed by atoms with E-state index >= 15 is 0 Å². The van der Waals surface area contributed by atoms with Crippen LogP contribution in [-0.4, -0.2) is 40.0 Å². The van der Waals surface area contributed by atoms with Gasteiger partial charge in [0.05, 0.1) is 23.9 Å². The van der Waals surface area contributed by atoms with Gasteiger partial charge in [-0.2, -0.15) is 0 Å². The van der Waals surface area contributed by atoms with Gasteiger partial charge < -0.3 is 19.5 Å². The fourth-order valence-electron chi connectivity index (χ4n) is 5.18. The Kier molecular flexibility index (Phi) is 5.69. The van der Waals surface area contributed by atoms with Gasteiger partial charge in [-0.25, -0.2) is 0 Å². The summed E-state index contributed by atoms with van der Waals surface area (Å²) in [5, 5.41) is 5.34. The number of aromatic nitrogens is 1. The number of hydrogen-bond donors (Lipinski definition) is 1. The standard InChI is InChI=1S/C26H31N3O3S/c1-17-4-8-19(9-5-17)27-25(31)26(2)16-28-21-12-13-33-23(21)14-22(28)24(30)29(26)15-18-6-10-20(32-3)11-7-18/h6-7,10-14,17,19H,4-5,8-9,15-16H2,1-3H3,(H,27,31)/t17?,19?,26-/m1/s1. The number of amides is 2. The van der Waals surface area contributed by atoms with Gasteiger partial charge in [0.1, 0.15) is 17.0 Å². The van der Waals surface area contributed by atoms with Crippen LogP contribution in [-0.2, 0) is 17.9 Å². The number of methoxy groups -OCH3 is 1. The minimum absolute atomic E-state index is 0.0633. The van der Waals surface area contributed by atoms with Crippen molar-refractivity contribution < 1.29 is 14.3 Å². The van der Waals surface area contributed by atoms with Crippen LogP contribution in [0.15, 0.2) is 41.8 Å². The molecule has 3 aromatic rings. The Hall–Kier alpha value is -2.80. The number of ether oxygens (including phenoxy) is 1. The molecule has 6 nitrogen and oxygen atoms in total. The van der Waals surface area contributed by atoms with Crippen molar-refractivity contribution in [3.8, 4) is 5.75 Å². The Morgan fingerprint density at radius 1 is 1.18 bits per heavy atom. The molecule has 1 aromatic carbocycles. The monoisotopic (exact) mass is 465 g/mol. The second-order valence-corrected chi connectivity index (χ2v) is 10.7. The summed E-state index contributed by atoms with van der Waals surface area (Å²) in [6, 6.07) is 11.9. The van der Waals surface area contributed by atoms with Crippen LogP contribution < -0.4 is 10.1 Å². The molecule has 33 heavy (non-hydrogen) atoms. The molecule has 1 aliphatic heterocycles. The molecule has 0 bridgehead atoms. The van der Waals surface area contributed by atoms with Gasteiger partial charge in [-0.05, 0) is 73.7 Å². The van der Waals surface area contributed by atoms with Gasteiger partial charge in [0.15, 0.2) is 0 Å². The molecule has 1 fully saturated rings. The first-order valence-electron chi connectivity index (χ1n) is 11.7. The first-order valence-corrected chi connectivity index (χ1v) is 12.6. The molecule has 0 spiro atoms. The third-order valence-corrected chi connectivity index (χ3v) is 8.24. The van der Waals surface area contributed by atoms with Crippen LogP contribution in [0.2, 0.25) is 0 Å². The SMILES string of the molecule is COc1ccc(CN2C(=O)c3cc4sccc4n3C[C@]2(C)C(=O)NC2CCC(C)CC2)cc1. The number of nitrogens with zero attached hydrogens (tertiary/aromatic N) is 2. The maximum Gasteiger partial charge on any atom is 0.271 e. The van der Waals surface area contributed by atoms with E-state index in [1.807, 2.05) is 53.3 Å². The molecular formula is C26H31N3O3S. The van der Waals surface area contributed by atoms with Crippen LogP contribution in [0, 0.1) is 5.92 Å². The van der Waals surface area contributed by atoms with E-state index < -0.39 is 5.54 Å². The van der Waals surface area contributed by atoms with Crippen LogP contribution in [0.1, 0.15) is 55.6 Å². The highest BCUT2D eigenvalue weighted by molar-refractivity contribution is 7.17. The fraction of sp³-hybridized carbons (Fsp3) is 0.462. The zero-order valence-electron chi connectivity index (χ0n) is 19.5. The van der Waals surface area contributed by atoms with E-state index in [1.54, 1.807) is 23.3 Å². The maximum absolute atomic E-state index is 13.8. The lowest BCUT2D eigenvalue weighted by Crippen LogP contribution is -2.64. The molecule has 7 heteroatoms. The summed E-state index contributed by atoms with van der Waals surface area (Å²) in [7, 11) is 1.64. The van der Waals surface area contributed by atoms with Crippen molar-refractivity contribution in [3.05, 3.63) is 53.0 Å². The molecule has 174 valence electrons. The van der Waals surface area contributed by atoms with Gasteiger partial charge in [-0.15, -0.1) is 11.3 Å². The van der Waals surface area contributed by atoms with Gasteiger partial charge in [-0.1, -0.05) is 19.1 Å². The lowest BCUT2D eigenvalue weighted by atomic mass is 9.86. The summed E-state index contributed by atoms with van der Waals surface area (Å²) in [5.74, 6) is 1.32. The average Bonchev–Trinajstić information content (AvgIpc) is 3.41. The van der Waals surface area contributed by atoms with Crippen LogP contribution in [0.4, 0.5) is 0 Å². The summed E-state index contributed by atoms with van der Waals surface area (Å²) in [6.07, 6.45) is 4.26. The number of fused-ring (bicyclic) bond motifs is 3. The Morgan fingerprint density at radius 2 is 1.91 bits per heavy atom. The molecular weight excluding hydrogens is 434 g/mol. The summed E-state index contributed by atoms with van der Waals surface area (Å²) in [4.78, 5) is 29.3. The Morgan fingerprint density at radius 3 is 2.61 bits per heavy atom. The van der Waals surface area contributed by atoms with Gasteiger partial charge in [0.25, 0.3) is 5.91 Å². The average molecular weight is 466 g/mol. The Balaban J connectivity index is 1.49. The Labute approximate surface area is 198 Å². The molecule has 2 aromatic heterocycles. The normalized spacial score (nSPS) is 25.2. The smallest absolute Gasteiger partial charge is 0.271 e. The molecule has 1 atom stereocenters. The van der Waals surface area contributed by atoms with Crippen molar-refractivity contribution in [3.63, 3.8) is 0 Å². The fourth-order valence-corrected chi connectivity index (χ4v) is 6.00. The highest BCUT2D eigenvalue weighted by Gasteiger charge is 2.48. The summed E-state index contributed by atoms with van der Waals surface area (Å²) < 4.78 is 8.38. The van der Waals surface area contributed by atoms with Gasteiger partial charge in [0.2, 0.25) is 5.91 Å². The van der Waals surface area contributed by atoms with Gasteiger partial charge in [-0.3, -0.25) is 9.59 Å². The second kappa shape index (κ2) is 8.52. The van der Waals surface area contributed by atoms with E-state index in [0.29, 0.717) is 24.7 Å². The predicted molar refractivity (Wildman–Crippen MR) is 131 cm³/mol. The number of carbonyl (C=O) groups is 2. The van der Waals surface area contributed by atoms with Gasteiger partial charge >= 0.3 is 0 Å². The van der Waals surface area contributed by atoms with Crippen molar-refractivity contribution in [2.75, 3.05) is 7.11 Å². The van der Waals surface area contributed by atoms with E-state index in [4.69, 9.17) is 4.74 Å². The quantitative estimate of drug-likeness (QED) is 0.588. The van der Waals surface area contributed by atoms with E-state index in [-0.39, 0.29) is 17.9 Å². The summed E-state index contributed by atoms with van der Waals surface area (Å²) in [5.41, 5.74) is 1.66. The van der Waals surface area contributed by atoms with Crippen molar-refractivity contribution in [1.29, 1.82) is 0 Å². The second-order valence-electron chi connectivity index (χ2n) is 9.73. The third kappa shape index (κ3) is 3.92. The van der Waals surface area contributed by atoms with Crippen LogP contribution >= 0.6 is 11.3 Å². The van der Waals surface area contributed by atoms with E-state index in [2.05, 4.69) is 12.2 Å². The Bertz CT molecular complexity index is 1170. The minimum Gasteiger partial charge on any atom is -0.497 e. The molecule has 1 saturated carbocycles. The molecule has 3 heterocycles. The van der Waals surface area contributed by atoms with Crippen molar-refractivity contribution >= 4 is 33.4 Å². The van der Waals surface area contributed by atoms with Crippen LogP contribution in [0.3, 0.4) is 0 Å². The first kappa shape index (κ1) is 22.0. The number of hydrogen-bond acceptors (Lipinski definition) is 4.